The Morgan fingerprint density at radius 3 is 2.28 bits per heavy atom. The molecule has 3 aliphatic carbocycles. The van der Waals surface area contributed by atoms with Crippen molar-refractivity contribution in [3.8, 4) is 0 Å². The van der Waals surface area contributed by atoms with Crippen LogP contribution in [0.15, 0.2) is 24.8 Å². The van der Waals surface area contributed by atoms with Crippen LogP contribution in [0.1, 0.15) is 118 Å². The van der Waals surface area contributed by atoms with Gasteiger partial charge in [-0.25, -0.2) is 0 Å². The highest BCUT2D eigenvalue weighted by Crippen LogP contribution is 2.71. The monoisotopic (exact) mass is 538 g/mol. The predicted octanol–water partition coefficient (Wildman–Crippen LogP) is 8.13. The van der Waals surface area contributed by atoms with Crippen molar-refractivity contribution >= 4 is 23.1 Å². The second kappa shape index (κ2) is 13.7. The number of rotatable bonds is 18. The van der Waals surface area contributed by atoms with E-state index in [-0.39, 0.29) is 53.5 Å². The first kappa shape index (κ1) is 31.7. The maximum atomic E-state index is 14.4. The van der Waals surface area contributed by atoms with Crippen LogP contribution in [-0.2, 0) is 19.2 Å². The highest BCUT2D eigenvalue weighted by atomic mass is 16.2. The van der Waals surface area contributed by atoms with E-state index >= 15 is 0 Å². The summed E-state index contributed by atoms with van der Waals surface area (Å²) in [6, 6.07) is 0. The summed E-state index contributed by atoms with van der Waals surface area (Å²) < 4.78 is 0. The van der Waals surface area contributed by atoms with Gasteiger partial charge in [0.15, 0.2) is 5.78 Å². The third-order valence-electron chi connectivity index (χ3n) is 10.7. The second-order valence-electron chi connectivity index (χ2n) is 13.8. The fourth-order valence-corrected chi connectivity index (χ4v) is 8.14. The van der Waals surface area contributed by atoms with Crippen molar-refractivity contribution in [1.82, 2.24) is 0 Å². The maximum Gasteiger partial charge on any atom is 0.201 e. The molecule has 0 aromatic rings. The van der Waals surface area contributed by atoms with Crippen LogP contribution in [0.2, 0.25) is 0 Å². The molecule has 0 aromatic carbocycles. The van der Waals surface area contributed by atoms with Gasteiger partial charge in [-0.2, -0.15) is 0 Å². The van der Waals surface area contributed by atoms with Crippen LogP contribution in [0, 0.1) is 52.8 Å². The fraction of sp³-hybridized carbons (Fsp3) is 0.771. The maximum absolute atomic E-state index is 14.4. The molecule has 3 rings (SSSR count). The molecule has 0 aromatic heterocycles. The van der Waals surface area contributed by atoms with Crippen molar-refractivity contribution in [2.24, 2.45) is 52.8 Å². The van der Waals surface area contributed by atoms with Gasteiger partial charge in [0, 0.05) is 36.5 Å². The molecule has 39 heavy (non-hydrogen) atoms. The van der Waals surface area contributed by atoms with E-state index in [0.717, 1.165) is 44.9 Å². The number of Topliss-reactive ketones (excluding diaryl/α,β-unsaturated/α-hetero) is 4. The van der Waals surface area contributed by atoms with Crippen molar-refractivity contribution in [1.29, 1.82) is 0 Å². The van der Waals surface area contributed by atoms with Crippen LogP contribution in [-0.4, -0.2) is 23.1 Å². The standard InChI is InChI=1S/C35H54O4/c1-8-11-17-29(36)33(38)25(14-9-2)20-30(37)31-27(21-28-32(31)35(28,6)7)34(39)26(24-15-12-13-16-24)19-23(5)18-22(4)10-3/h8,22,24-28,31-32H,1,5,9-21H2,2-4,6-7H3. The molecule has 0 N–H and O–H groups in total. The average Bonchev–Trinajstić information content (AvgIpc) is 3.36. The largest absolute Gasteiger partial charge is 0.299 e. The van der Waals surface area contributed by atoms with Gasteiger partial charge in [-0.15, -0.1) is 6.58 Å². The number of allylic oxidation sites excluding steroid dienone is 2. The lowest BCUT2D eigenvalue weighted by molar-refractivity contribution is -0.141. The van der Waals surface area contributed by atoms with E-state index in [0.29, 0.717) is 30.6 Å². The Morgan fingerprint density at radius 2 is 1.69 bits per heavy atom. The van der Waals surface area contributed by atoms with E-state index in [1.54, 1.807) is 6.08 Å². The third kappa shape index (κ3) is 7.27. The van der Waals surface area contributed by atoms with Gasteiger partial charge in [-0.3, -0.25) is 19.2 Å². The van der Waals surface area contributed by atoms with Crippen LogP contribution in [0.5, 0.6) is 0 Å². The number of hydrogen-bond donors (Lipinski definition) is 0. The number of carbonyl (C=O) groups excluding carboxylic acids is 4. The van der Waals surface area contributed by atoms with Gasteiger partial charge >= 0.3 is 0 Å². The molecule has 0 heterocycles. The minimum atomic E-state index is -0.572. The molecule has 0 saturated heterocycles. The minimum Gasteiger partial charge on any atom is -0.299 e. The van der Waals surface area contributed by atoms with E-state index in [2.05, 4.69) is 40.9 Å². The molecule has 0 bridgehead atoms. The van der Waals surface area contributed by atoms with Gasteiger partial charge in [-0.1, -0.05) is 78.5 Å². The van der Waals surface area contributed by atoms with Crippen LogP contribution < -0.4 is 0 Å². The lowest BCUT2D eigenvalue weighted by Gasteiger charge is -2.32. The van der Waals surface area contributed by atoms with Crippen molar-refractivity contribution in [2.45, 2.75) is 118 Å². The number of fused-ring (bicyclic) bond motifs is 1. The molecule has 0 radical (unpaired) electrons. The van der Waals surface area contributed by atoms with Crippen molar-refractivity contribution in [3.63, 3.8) is 0 Å². The molecule has 0 spiro atoms. The topological polar surface area (TPSA) is 68.3 Å². The van der Waals surface area contributed by atoms with Gasteiger partial charge in [0.2, 0.25) is 5.78 Å². The molecule has 3 saturated carbocycles. The summed E-state index contributed by atoms with van der Waals surface area (Å²) in [5.74, 6) is -0.116. The number of carbonyl (C=O) groups is 4. The van der Waals surface area contributed by atoms with E-state index in [9.17, 15) is 19.2 Å². The highest BCUT2D eigenvalue weighted by molar-refractivity contribution is 6.38. The molecular formula is C35H54O4. The van der Waals surface area contributed by atoms with Gasteiger partial charge in [-0.05, 0) is 74.0 Å². The molecule has 218 valence electrons. The second-order valence-corrected chi connectivity index (χ2v) is 13.8. The van der Waals surface area contributed by atoms with Crippen molar-refractivity contribution in [2.75, 3.05) is 0 Å². The van der Waals surface area contributed by atoms with E-state index in [1.807, 2.05) is 6.92 Å². The first-order chi connectivity index (χ1) is 18.5. The number of hydrogen-bond acceptors (Lipinski definition) is 4. The minimum absolute atomic E-state index is 0.0401. The smallest absolute Gasteiger partial charge is 0.201 e. The third-order valence-corrected chi connectivity index (χ3v) is 10.7. The predicted molar refractivity (Wildman–Crippen MR) is 158 cm³/mol. The Labute approximate surface area is 237 Å². The number of ketones is 4. The van der Waals surface area contributed by atoms with Gasteiger partial charge in [0.1, 0.15) is 11.6 Å². The van der Waals surface area contributed by atoms with Crippen LogP contribution in [0.3, 0.4) is 0 Å². The van der Waals surface area contributed by atoms with Crippen LogP contribution in [0.4, 0.5) is 0 Å². The van der Waals surface area contributed by atoms with Gasteiger partial charge in [0.25, 0.3) is 0 Å². The summed E-state index contributed by atoms with van der Waals surface area (Å²) in [6.45, 7) is 18.9. The zero-order chi connectivity index (χ0) is 28.9. The van der Waals surface area contributed by atoms with E-state index in [1.165, 1.54) is 18.4 Å². The Kier molecular flexibility index (Phi) is 11.1. The Bertz CT molecular complexity index is 936. The molecule has 3 aliphatic rings. The molecule has 4 nitrogen and oxygen atoms in total. The average molecular weight is 539 g/mol. The molecule has 0 aliphatic heterocycles. The molecule has 7 atom stereocenters. The molecule has 0 amide bonds. The summed E-state index contributed by atoms with van der Waals surface area (Å²) >= 11 is 0. The summed E-state index contributed by atoms with van der Waals surface area (Å²) in [5.41, 5.74) is 1.23. The summed E-state index contributed by atoms with van der Waals surface area (Å²) in [7, 11) is 0. The summed E-state index contributed by atoms with van der Waals surface area (Å²) in [6.07, 6.45) is 11.8. The first-order valence-corrected chi connectivity index (χ1v) is 15.9. The molecular weight excluding hydrogens is 484 g/mol. The highest BCUT2D eigenvalue weighted by Gasteiger charge is 2.69. The lowest BCUT2D eigenvalue weighted by Crippen LogP contribution is -2.38. The van der Waals surface area contributed by atoms with Crippen molar-refractivity contribution in [3.05, 3.63) is 24.8 Å². The van der Waals surface area contributed by atoms with Crippen LogP contribution in [0.25, 0.3) is 0 Å². The van der Waals surface area contributed by atoms with Crippen LogP contribution >= 0.6 is 0 Å². The zero-order valence-electron chi connectivity index (χ0n) is 25.4. The molecule has 4 heteroatoms. The van der Waals surface area contributed by atoms with E-state index < -0.39 is 17.5 Å². The van der Waals surface area contributed by atoms with Gasteiger partial charge < -0.3 is 0 Å². The van der Waals surface area contributed by atoms with Crippen molar-refractivity contribution < 1.29 is 19.2 Å². The SMILES string of the molecule is C=CCCC(=O)C(=O)C(CCC)CC(=O)C1C(C(=O)C(CC(=C)CC(C)CC)C2CCCC2)CC2C1C2(C)C. The lowest BCUT2D eigenvalue weighted by atomic mass is 9.70. The Morgan fingerprint density at radius 1 is 1.03 bits per heavy atom. The first-order valence-electron chi connectivity index (χ1n) is 15.9. The normalized spacial score (nSPS) is 27.8. The fourth-order valence-electron chi connectivity index (χ4n) is 8.14. The quantitative estimate of drug-likeness (QED) is 0.130. The van der Waals surface area contributed by atoms with Gasteiger partial charge in [0.05, 0.1) is 0 Å². The molecule has 3 fully saturated rings. The zero-order valence-corrected chi connectivity index (χ0v) is 25.4. The molecule has 7 unspecified atom stereocenters. The summed E-state index contributed by atoms with van der Waals surface area (Å²) in [5, 5.41) is 0. The Hall–Kier alpha value is -1.84. The summed E-state index contributed by atoms with van der Waals surface area (Å²) in [4.78, 5) is 53.9. The van der Waals surface area contributed by atoms with E-state index in [4.69, 9.17) is 0 Å². The Balaban J connectivity index is 1.81.